The van der Waals surface area contributed by atoms with Crippen molar-refractivity contribution in [1.29, 1.82) is 0 Å². The molecule has 1 saturated heterocycles. The van der Waals surface area contributed by atoms with Crippen LogP contribution in [0.3, 0.4) is 0 Å². The lowest BCUT2D eigenvalue weighted by Gasteiger charge is -2.09. The number of imidazole rings is 1. The van der Waals surface area contributed by atoms with E-state index >= 15 is 0 Å². The fourth-order valence-corrected chi connectivity index (χ4v) is 2.01. The molecule has 0 bridgehead atoms. The quantitative estimate of drug-likeness (QED) is 0.688. The predicted molar refractivity (Wildman–Crippen MR) is 54.8 cm³/mol. The van der Waals surface area contributed by atoms with Crippen LogP contribution in [0.1, 0.15) is 12.5 Å². The number of ether oxygens (including phenoxy) is 1. The first kappa shape index (κ1) is 9.06. The van der Waals surface area contributed by atoms with E-state index in [1.165, 1.54) is 6.33 Å². The molecule has 0 saturated carbocycles. The Kier molecular flexibility index (Phi) is 2.07. The molecular weight excluding hydrogens is 216 g/mol. The zero-order valence-corrected chi connectivity index (χ0v) is 8.68. The first-order chi connectivity index (χ1) is 7.36. The van der Waals surface area contributed by atoms with E-state index in [4.69, 9.17) is 16.3 Å². The van der Waals surface area contributed by atoms with Gasteiger partial charge in [-0.2, -0.15) is 0 Å². The maximum absolute atomic E-state index is 5.92. The van der Waals surface area contributed by atoms with Gasteiger partial charge < -0.3 is 9.30 Å². The van der Waals surface area contributed by atoms with E-state index in [9.17, 15) is 0 Å². The van der Waals surface area contributed by atoms with Gasteiger partial charge in [0, 0.05) is 6.61 Å². The molecule has 0 radical (unpaired) electrons. The van der Waals surface area contributed by atoms with Gasteiger partial charge in [-0.05, 0) is 6.42 Å². The third-order valence-electron chi connectivity index (χ3n) is 2.61. The Morgan fingerprint density at radius 1 is 1.40 bits per heavy atom. The van der Waals surface area contributed by atoms with Gasteiger partial charge in [-0.25, -0.2) is 15.0 Å². The molecule has 1 aliphatic heterocycles. The molecular formula is C9H9ClN4O. The Hall–Kier alpha value is -1.20. The second kappa shape index (κ2) is 3.43. The van der Waals surface area contributed by atoms with E-state index in [2.05, 4.69) is 15.0 Å². The molecule has 1 aliphatic rings. The molecule has 2 aromatic rings. The molecule has 1 unspecified atom stereocenters. The normalized spacial score (nSPS) is 21.3. The van der Waals surface area contributed by atoms with E-state index in [1.807, 2.05) is 4.57 Å². The lowest BCUT2D eigenvalue weighted by atomic mass is 10.2. The van der Waals surface area contributed by atoms with E-state index in [0.717, 1.165) is 18.7 Å². The molecule has 78 valence electrons. The zero-order valence-electron chi connectivity index (χ0n) is 7.93. The van der Waals surface area contributed by atoms with Gasteiger partial charge >= 0.3 is 0 Å². The molecule has 3 heterocycles. The molecule has 2 aromatic heterocycles. The SMILES string of the molecule is Clc1ncnc2c1ncn2C1CCOC1. The van der Waals surface area contributed by atoms with Crippen LogP contribution in [-0.2, 0) is 4.74 Å². The Morgan fingerprint density at radius 2 is 2.33 bits per heavy atom. The summed E-state index contributed by atoms with van der Waals surface area (Å²) in [6.07, 6.45) is 4.20. The van der Waals surface area contributed by atoms with Crippen LogP contribution in [-0.4, -0.2) is 32.7 Å². The van der Waals surface area contributed by atoms with Crippen LogP contribution in [0.5, 0.6) is 0 Å². The monoisotopic (exact) mass is 224 g/mol. The highest BCUT2D eigenvalue weighted by Gasteiger charge is 2.20. The van der Waals surface area contributed by atoms with Crippen molar-refractivity contribution in [1.82, 2.24) is 19.5 Å². The van der Waals surface area contributed by atoms with E-state index in [0.29, 0.717) is 23.3 Å². The van der Waals surface area contributed by atoms with Crippen molar-refractivity contribution >= 4 is 22.8 Å². The molecule has 1 atom stereocenters. The van der Waals surface area contributed by atoms with Gasteiger partial charge in [0.05, 0.1) is 19.0 Å². The highest BCUT2D eigenvalue weighted by molar-refractivity contribution is 6.33. The van der Waals surface area contributed by atoms with Gasteiger partial charge in [-0.1, -0.05) is 11.6 Å². The largest absolute Gasteiger partial charge is 0.379 e. The van der Waals surface area contributed by atoms with Gasteiger partial charge in [0.25, 0.3) is 0 Å². The van der Waals surface area contributed by atoms with Crippen molar-refractivity contribution in [2.75, 3.05) is 13.2 Å². The van der Waals surface area contributed by atoms with Gasteiger partial charge in [-0.15, -0.1) is 0 Å². The third-order valence-corrected chi connectivity index (χ3v) is 2.89. The summed E-state index contributed by atoms with van der Waals surface area (Å²) in [5.74, 6) is 0. The van der Waals surface area contributed by atoms with Crippen molar-refractivity contribution in [2.24, 2.45) is 0 Å². The van der Waals surface area contributed by atoms with Crippen molar-refractivity contribution in [3.8, 4) is 0 Å². The number of hydrogen-bond acceptors (Lipinski definition) is 4. The predicted octanol–water partition coefficient (Wildman–Crippen LogP) is 1.44. The third kappa shape index (κ3) is 1.39. The Morgan fingerprint density at radius 3 is 3.13 bits per heavy atom. The van der Waals surface area contributed by atoms with E-state index in [-0.39, 0.29) is 0 Å². The summed E-state index contributed by atoms with van der Waals surface area (Å²) >= 11 is 5.92. The van der Waals surface area contributed by atoms with Crippen LogP contribution in [0, 0.1) is 0 Å². The summed E-state index contributed by atoms with van der Waals surface area (Å²) in [6.45, 7) is 1.51. The standard InChI is InChI=1S/C9H9ClN4O/c10-8-7-9(12-4-11-8)14(5-13-7)6-1-2-15-3-6/h4-6H,1-3H2. The van der Waals surface area contributed by atoms with Crippen LogP contribution < -0.4 is 0 Å². The van der Waals surface area contributed by atoms with Crippen molar-refractivity contribution < 1.29 is 4.74 Å². The molecule has 0 spiro atoms. The molecule has 0 amide bonds. The van der Waals surface area contributed by atoms with Crippen molar-refractivity contribution in [3.63, 3.8) is 0 Å². The summed E-state index contributed by atoms with van der Waals surface area (Å²) in [5, 5.41) is 0.401. The average Bonchev–Trinajstić information content (AvgIpc) is 2.85. The van der Waals surface area contributed by atoms with Gasteiger partial charge in [0.2, 0.25) is 0 Å². The minimum atomic E-state index is 0.320. The number of fused-ring (bicyclic) bond motifs is 1. The topological polar surface area (TPSA) is 52.8 Å². The highest BCUT2D eigenvalue weighted by Crippen LogP contribution is 2.24. The van der Waals surface area contributed by atoms with Gasteiger partial charge in [-0.3, -0.25) is 0 Å². The summed E-state index contributed by atoms with van der Waals surface area (Å²) in [5.41, 5.74) is 1.44. The van der Waals surface area contributed by atoms with Crippen LogP contribution in [0.15, 0.2) is 12.7 Å². The summed E-state index contributed by atoms with van der Waals surface area (Å²) in [4.78, 5) is 12.3. The van der Waals surface area contributed by atoms with E-state index < -0.39 is 0 Å². The number of hydrogen-bond donors (Lipinski definition) is 0. The second-order valence-corrected chi connectivity index (χ2v) is 3.86. The van der Waals surface area contributed by atoms with Crippen LogP contribution >= 0.6 is 11.6 Å². The lowest BCUT2D eigenvalue weighted by molar-refractivity contribution is 0.187. The van der Waals surface area contributed by atoms with Crippen molar-refractivity contribution in [2.45, 2.75) is 12.5 Å². The van der Waals surface area contributed by atoms with Crippen LogP contribution in [0.4, 0.5) is 0 Å². The number of nitrogens with zero attached hydrogens (tertiary/aromatic N) is 4. The van der Waals surface area contributed by atoms with Gasteiger partial charge in [0.1, 0.15) is 11.8 Å². The molecule has 1 fully saturated rings. The highest BCUT2D eigenvalue weighted by atomic mass is 35.5. The van der Waals surface area contributed by atoms with E-state index in [1.54, 1.807) is 6.33 Å². The minimum Gasteiger partial charge on any atom is -0.379 e. The van der Waals surface area contributed by atoms with Crippen molar-refractivity contribution in [3.05, 3.63) is 17.8 Å². The summed E-state index contributed by atoms with van der Waals surface area (Å²) < 4.78 is 7.34. The first-order valence-corrected chi connectivity index (χ1v) is 5.15. The second-order valence-electron chi connectivity index (χ2n) is 3.51. The van der Waals surface area contributed by atoms with Crippen LogP contribution in [0.2, 0.25) is 5.15 Å². The molecule has 3 rings (SSSR count). The number of aromatic nitrogens is 4. The minimum absolute atomic E-state index is 0.320. The first-order valence-electron chi connectivity index (χ1n) is 4.77. The maximum atomic E-state index is 5.92. The fourth-order valence-electron chi connectivity index (χ4n) is 1.83. The number of rotatable bonds is 1. The Labute approximate surface area is 91.1 Å². The molecule has 0 aliphatic carbocycles. The summed E-state index contributed by atoms with van der Waals surface area (Å²) in [7, 11) is 0. The maximum Gasteiger partial charge on any atom is 0.165 e. The molecule has 0 aromatic carbocycles. The Balaban J connectivity index is 2.15. The fraction of sp³-hybridized carbons (Fsp3) is 0.444. The lowest BCUT2D eigenvalue weighted by Crippen LogP contribution is -2.07. The summed E-state index contributed by atoms with van der Waals surface area (Å²) in [6, 6.07) is 0.320. The molecule has 15 heavy (non-hydrogen) atoms. The molecule has 5 nitrogen and oxygen atoms in total. The number of halogens is 1. The smallest absolute Gasteiger partial charge is 0.165 e. The van der Waals surface area contributed by atoms with Crippen LogP contribution in [0.25, 0.3) is 11.2 Å². The zero-order chi connectivity index (χ0) is 10.3. The van der Waals surface area contributed by atoms with Gasteiger partial charge in [0.15, 0.2) is 10.8 Å². The molecule has 0 N–H and O–H groups in total. The Bertz CT molecular complexity index is 492. The average molecular weight is 225 g/mol. The molecule has 6 heteroatoms.